The van der Waals surface area contributed by atoms with E-state index in [9.17, 15) is 18.0 Å². The van der Waals surface area contributed by atoms with Gasteiger partial charge in [0.05, 0.1) is 11.0 Å². The molecule has 9 heteroatoms. The van der Waals surface area contributed by atoms with Crippen LogP contribution in [0.25, 0.3) is 33.6 Å². The normalized spacial score (nSPS) is 12.0. The van der Waals surface area contributed by atoms with Crippen molar-refractivity contribution in [1.29, 1.82) is 0 Å². The summed E-state index contributed by atoms with van der Waals surface area (Å²) in [5.74, 6) is -1.52. The summed E-state index contributed by atoms with van der Waals surface area (Å²) >= 11 is 0. The molecule has 0 unspecified atom stereocenters. The van der Waals surface area contributed by atoms with E-state index in [-0.39, 0.29) is 11.6 Å². The SMILES string of the molecule is Cc1c(-c2ccc3[nH]c(=O)[nH]c3c2)cccc1-c1nc(C(F)(F)F)no1. The number of halogens is 3. The first kappa shape index (κ1) is 16.1. The maximum atomic E-state index is 12.7. The number of imidazole rings is 1. The lowest BCUT2D eigenvalue weighted by Gasteiger charge is -2.09. The van der Waals surface area contributed by atoms with Crippen molar-refractivity contribution < 1.29 is 17.7 Å². The number of nitrogens with zero attached hydrogens (tertiary/aromatic N) is 2. The third kappa shape index (κ3) is 2.67. The molecular formula is C17H11F3N4O2. The average Bonchev–Trinajstić information content (AvgIpc) is 3.19. The molecule has 0 bridgehead atoms. The van der Waals surface area contributed by atoms with Gasteiger partial charge in [0, 0.05) is 5.56 Å². The number of hydrogen-bond acceptors (Lipinski definition) is 4. The highest BCUT2D eigenvalue weighted by Gasteiger charge is 2.37. The van der Waals surface area contributed by atoms with E-state index in [4.69, 9.17) is 4.52 Å². The number of nitrogens with one attached hydrogen (secondary N) is 2. The Bertz CT molecular complexity index is 1170. The predicted molar refractivity (Wildman–Crippen MR) is 87.4 cm³/mol. The molecule has 0 spiro atoms. The van der Waals surface area contributed by atoms with Crippen LogP contribution in [0.15, 0.2) is 45.7 Å². The van der Waals surface area contributed by atoms with Crippen molar-refractivity contribution in [3.63, 3.8) is 0 Å². The Morgan fingerprint density at radius 1 is 1.04 bits per heavy atom. The van der Waals surface area contributed by atoms with Crippen LogP contribution < -0.4 is 5.69 Å². The monoisotopic (exact) mass is 360 g/mol. The van der Waals surface area contributed by atoms with Crippen LogP contribution in [0.2, 0.25) is 0 Å². The maximum absolute atomic E-state index is 12.7. The van der Waals surface area contributed by atoms with E-state index in [1.807, 2.05) is 12.1 Å². The summed E-state index contributed by atoms with van der Waals surface area (Å²) in [6.07, 6.45) is -4.67. The Balaban J connectivity index is 1.82. The van der Waals surface area contributed by atoms with Crippen LogP contribution in [-0.2, 0) is 6.18 Å². The Morgan fingerprint density at radius 2 is 1.77 bits per heavy atom. The summed E-state index contributed by atoms with van der Waals surface area (Å²) in [7, 11) is 0. The lowest BCUT2D eigenvalue weighted by atomic mass is 9.96. The first-order chi connectivity index (χ1) is 12.3. The summed E-state index contributed by atoms with van der Waals surface area (Å²) < 4.78 is 42.9. The molecule has 0 aliphatic heterocycles. The zero-order valence-corrected chi connectivity index (χ0v) is 13.3. The fraction of sp³-hybridized carbons (Fsp3) is 0.118. The molecule has 2 aromatic heterocycles. The Labute approximate surface area is 143 Å². The van der Waals surface area contributed by atoms with Crippen LogP contribution in [0.5, 0.6) is 0 Å². The molecule has 0 saturated heterocycles. The maximum Gasteiger partial charge on any atom is 0.455 e. The fourth-order valence-corrected chi connectivity index (χ4v) is 2.83. The summed E-state index contributed by atoms with van der Waals surface area (Å²) in [6, 6.07) is 10.5. The zero-order chi connectivity index (χ0) is 18.5. The van der Waals surface area contributed by atoms with E-state index in [1.165, 1.54) is 0 Å². The van der Waals surface area contributed by atoms with Crippen molar-refractivity contribution >= 4 is 11.0 Å². The van der Waals surface area contributed by atoms with Crippen LogP contribution >= 0.6 is 0 Å². The first-order valence-electron chi connectivity index (χ1n) is 7.56. The molecule has 0 saturated carbocycles. The van der Waals surface area contributed by atoms with Gasteiger partial charge in [-0.1, -0.05) is 23.4 Å². The van der Waals surface area contributed by atoms with E-state index in [1.54, 1.807) is 31.2 Å². The van der Waals surface area contributed by atoms with E-state index in [0.29, 0.717) is 22.2 Å². The molecule has 0 aliphatic rings. The van der Waals surface area contributed by atoms with E-state index < -0.39 is 12.0 Å². The lowest BCUT2D eigenvalue weighted by molar-refractivity contribution is -0.146. The van der Waals surface area contributed by atoms with Gasteiger partial charge in [-0.15, -0.1) is 0 Å². The Kier molecular flexibility index (Phi) is 3.46. The lowest BCUT2D eigenvalue weighted by Crippen LogP contribution is -2.07. The summed E-state index contributed by atoms with van der Waals surface area (Å²) in [5, 5.41) is 3.00. The zero-order valence-electron chi connectivity index (χ0n) is 13.3. The van der Waals surface area contributed by atoms with Crippen LogP contribution in [0.3, 0.4) is 0 Å². The largest absolute Gasteiger partial charge is 0.455 e. The fourth-order valence-electron chi connectivity index (χ4n) is 2.83. The van der Waals surface area contributed by atoms with Gasteiger partial charge < -0.3 is 14.5 Å². The van der Waals surface area contributed by atoms with Gasteiger partial charge in [-0.25, -0.2) is 4.79 Å². The van der Waals surface area contributed by atoms with E-state index >= 15 is 0 Å². The quantitative estimate of drug-likeness (QED) is 0.567. The Morgan fingerprint density at radius 3 is 2.50 bits per heavy atom. The van der Waals surface area contributed by atoms with Gasteiger partial charge in [-0.2, -0.15) is 18.2 Å². The number of H-pyrrole nitrogens is 2. The van der Waals surface area contributed by atoms with E-state index in [0.717, 1.165) is 11.1 Å². The summed E-state index contributed by atoms with van der Waals surface area (Å²) in [4.78, 5) is 20.2. The molecule has 0 aliphatic carbocycles. The first-order valence-corrected chi connectivity index (χ1v) is 7.56. The molecule has 4 aromatic rings. The standard InChI is InChI=1S/C17H11F3N4O2/c1-8-10(9-5-6-12-13(7-9)22-16(25)21-12)3-2-4-11(8)14-23-15(24-26-14)17(18,19)20/h2-7H,1H3,(H2,21,22,25). The Hall–Kier alpha value is -3.36. The highest BCUT2D eigenvalue weighted by atomic mass is 19.4. The summed E-state index contributed by atoms with van der Waals surface area (Å²) in [6.45, 7) is 1.76. The molecule has 2 N–H and O–H groups in total. The van der Waals surface area contributed by atoms with Gasteiger partial charge in [0.15, 0.2) is 0 Å². The average molecular weight is 360 g/mol. The number of fused-ring (bicyclic) bond motifs is 1. The van der Waals surface area contributed by atoms with Crippen molar-refractivity contribution in [2.75, 3.05) is 0 Å². The molecular weight excluding hydrogens is 349 g/mol. The third-order valence-corrected chi connectivity index (χ3v) is 4.07. The van der Waals surface area contributed by atoms with Gasteiger partial charge in [0.2, 0.25) is 0 Å². The second-order valence-electron chi connectivity index (χ2n) is 5.74. The number of rotatable bonds is 2. The second kappa shape index (κ2) is 5.58. The van der Waals surface area contributed by atoms with Crippen LogP contribution in [0.1, 0.15) is 11.4 Å². The number of alkyl halides is 3. The van der Waals surface area contributed by atoms with Gasteiger partial charge in [-0.05, 0) is 41.8 Å². The topological polar surface area (TPSA) is 87.6 Å². The number of aromatic amines is 2. The molecule has 2 heterocycles. The van der Waals surface area contributed by atoms with Crippen LogP contribution in [0, 0.1) is 6.92 Å². The summed E-state index contributed by atoms with van der Waals surface area (Å²) in [5.41, 5.74) is 3.65. The molecule has 2 aromatic carbocycles. The molecule has 0 radical (unpaired) electrons. The highest BCUT2D eigenvalue weighted by molar-refractivity contribution is 5.84. The number of benzene rings is 2. The van der Waals surface area contributed by atoms with Crippen molar-refractivity contribution in [1.82, 2.24) is 20.1 Å². The third-order valence-electron chi connectivity index (χ3n) is 4.07. The highest BCUT2D eigenvalue weighted by Crippen LogP contribution is 2.34. The predicted octanol–water partition coefficient (Wildman–Crippen LogP) is 3.90. The minimum atomic E-state index is -4.67. The molecule has 0 atom stereocenters. The molecule has 0 fully saturated rings. The molecule has 6 nitrogen and oxygen atoms in total. The van der Waals surface area contributed by atoms with Crippen molar-refractivity contribution in [3.8, 4) is 22.6 Å². The van der Waals surface area contributed by atoms with Gasteiger partial charge in [0.25, 0.3) is 11.7 Å². The van der Waals surface area contributed by atoms with Gasteiger partial charge >= 0.3 is 11.9 Å². The molecule has 4 rings (SSSR count). The van der Waals surface area contributed by atoms with E-state index in [2.05, 4.69) is 20.1 Å². The van der Waals surface area contributed by atoms with Crippen LogP contribution in [0.4, 0.5) is 13.2 Å². The van der Waals surface area contributed by atoms with Crippen molar-refractivity contribution in [3.05, 3.63) is 58.3 Å². The van der Waals surface area contributed by atoms with Crippen LogP contribution in [-0.4, -0.2) is 20.1 Å². The van der Waals surface area contributed by atoms with Crippen molar-refractivity contribution in [2.45, 2.75) is 13.1 Å². The van der Waals surface area contributed by atoms with Crippen molar-refractivity contribution in [2.24, 2.45) is 0 Å². The van der Waals surface area contributed by atoms with Gasteiger partial charge in [0.1, 0.15) is 0 Å². The molecule has 132 valence electrons. The minimum absolute atomic E-state index is 0.201. The van der Waals surface area contributed by atoms with Gasteiger partial charge in [-0.3, -0.25) is 0 Å². The molecule has 26 heavy (non-hydrogen) atoms. The number of hydrogen-bond donors (Lipinski definition) is 2. The second-order valence-corrected chi connectivity index (χ2v) is 5.74. The minimum Gasteiger partial charge on any atom is -0.334 e. The molecule has 0 amide bonds. The smallest absolute Gasteiger partial charge is 0.334 e. The number of aromatic nitrogens is 4.